The van der Waals surface area contributed by atoms with Crippen molar-refractivity contribution in [1.82, 2.24) is 5.32 Å². The molecule has 3 N–H and O–H groups in total. The zero-order valence-electron chi connectivity index (χ0n) is 18.1. The first kappa shape index (κ1) is 21.0. The lowest BCUT2D eigenvalue weighted by molar-refractivity contribution is -0.156. The minimum absolute atomic E-state index is 0.0785. The molecular weight excluding hydrogens is 412 g/mol. The number of fused-ring (bicyclic) bond motifs is 4. The second-order valence-electron chi connectivity index (χ2n) is 10.0. The van der Waals surface area contributed by atoms with Crippen LogP contribution >= 0.6 is 11.3 Å². The zero-order chi connectivity index (χ0) is 21.7. The van der Waals surface area contributed by atoms with Gasteiger partial charge < -0.3 is 15.7 Å². The van der Waals surface area contributed by atoms with Crippen molar-refractivity contribution in [1.29, 1.82) is 0 Å². The first-order chi connectivity index (χ1) is 15.0. The first-order valence-corrected chi connectivity index (χ1v) is 12.8. The Morgan fingerprint density at radius 2 is 1.68 bits per heavy atom. The molecule has 168 valence electrons. The van der Waals surface area contributed by atoms with Crippen LogP contribution in [-0.4, -0.2) is 28.9 Å². The molecule has 0 unspecified atom stereocenters. The second kappa shape index (κ2) is 8.23. The third kappa shape index (κ3) is 3.90. The van der Waals surface area contributed by atoms with Gasteiger partial charge in [0.15, 0.2) is 0 Å². The molecule has 6 nitrogen and oxygen atoms in total. The highest BCUT2D eigenvalue weighted by molar-refractivity contribution is 7.17. The van der Waals surface area contributed by atoms with Gasteiger partial charge in [-0.1, -0.05) is 13.3 Å². The average Bonchev–Trinajstić information content (AvgIpc) is 3.51. The van der Waals surface area contributed by atoms with E-state index in [0.717, 1.165) is 69.8 Å². The lowest BCUT2D eigenvalue weighted by Gasteiger charge is -2.45. The predicted octanol–water partition coefficient (Wildman–Crippen LogP) is 4.23. The molecule has 0 aliphatic heterocycles. The van der Waals surface area contributed by atoms with Crippen LogP contribution in [0.25, 0.3) is 0 Å². The van der Waals surface area contributed by atoms with Crippen LogP contribution in [0.1, 0.15) is 79.1 Å². The Labute approximate surface area is 187 Å². The summed E-state index contributed by atoms with van der Waals surface area (Å²) in [6.07, 6.45) is 9.74. The highest BCUT2D eigenvalue weighted by atomic mass is 32.1. The summed E-state index contributed by atoms with van der Waals surface area (Å²) in [5, 5.41) is 16.6. The molecule has 1 aromatic rings. The summed E-state index contributed by atoms with van der Waals surface area (Å²) >= 11 is 1.54. The van der Waals surface area contributed by atoms with Gasteiger partial charge >= 0.3 is 5.97 Å². The summed E-state index contributed by atoms with van der Waals surface area (Å²) in [5.41, 5.74) is 1.74. The van der Waals surface area contributed by atoms with Gasteiger partial charge in [0.25, 0.3) is 5.91 Å². The quantitative estimate of drug-likeness (QED) is 0.612. The van der Waals surface area contributed by atoms with E-state index < -0.39 is 17.8 Å². The molecule has 6 rings (SSSR count). The number of aliphatic carboxylic acids is 1. The molecule has 4 fully saturated rings. The highest BCUT2D eigenvalue weighted by Gasteiger charge is 2.50. The van der Waals surface area contributed by atoms with Gasteiger partial charge in [0.2, 0.25) is 5.91 Å². The van der Waals surface area contributed by atoms with Crippen molar-refractivity contribution in [2.45, 2.75) is 77.2 Å². The number of carboxylic acid groups (broad SMARTS) is 1. The molecule has 1 heterocycles. The van der Waals surface area contributed by atoms with E-state index in [4.69, 9.17) is 0 Å². The Bertz CT molecular complexity index is 898. The van der Waals surface area contributed by atoms with E-state index in [9.17, 15) is 19.5 Å². The van der Waals surface area contributed by atoms with E-state index >= 15 is 0 Å². The number of hydrogen-bond donors (Lipinski definition) is 3. The lowest BCUT2D eigenvalue weighted by Crippen LogP contribution is -2.49. The zero-order valence-corrected chi connectivity index (χ0v) is 18.9. The Morgan fingerprint density at radius 3 is 2.29 bits per heavy atom. The van der Waals surface area contributed by atoms with Crippen molar-refractivity contribution in [2.75, 3.05) is 5.32 Å². The monoisotopic (exact) mass is 444 g/mol. The van der Waals surface area contributed by atoms with Crippen LogP contribution in [0.3, 0.4) is 0 Å². The van der Waals surface area contributed by atoms with Gasteiger partial charge in [-0.05, 0) is 81.1 Å². The Kier molecular flexibility index (Phi) is 5.57. The fraction of sp³-hybridized carbons (Fsp3) is 0.708. The fourth-order valence-electron chi connectivity index (χ4n) is 6.19. The van der Waals surface area contributed by atoms with Crippen LogP contribution < -0.4 is 10.6 Å². The maximum absolute atomic E-state index is 13.4. The number of rotatable bonds is 6. The number of carbonyl (C=O) groups is 3. The third-order valence-corrected chi connectivity index (χ3v) is 9.30. The summed E-state index contributed by atoms with van der Waals surface area (Å²) in [6, 6.07) is 0.254. The van der Waals surface area contributed by atoms with Crippen molar-refractivity contribution in [3.05, 3.63) is 16.0 Å². The standard InChI is InChI=1S/C24H32N2O4S/c1-2-12-3-10-16-17(11-12)31-23(20(16)22(28)25-15-8-9-15)26-21(27)18-13-4-6-14(7-5-13)19(18)24(29)30/h12-15,18-19H,2-11H2,1H3,(H,25,28)(H,26,27)(H,29,30)/t12-,13?,14?,18+,19+/m1/s1. The van der Waals surface area contributed by atoms with Gasteiger partial charge in [0, 0.05) is 10.9 Å². The van der Waals surface area contributed by atoms with Gasteiger partial charge in [0.1, 0.15) is 5.00 Å². The number of anilines is 1. The summed E-state index contributed by atoms with van der Waals surface area (Å²) in [7, 11) is 0. The summed E-state index contributed by atoms with van der Waals surface area (Å²) in [6.45, 7) is 2.21. The van der Waals surface area contributed by atoms with Gasteiger partial charge in [-0.15, -0.1) is 11.3 Å². The minimum atomic E-state index is -0.850. The van der Waals surface area contributed by atoms with E-state index in [1.54, 1.807) is 0 Å². The van der Waals surface area contributed by atoms with Gasteiger partial charge in [-0.25, -0.2) is 0 Å². The summed E-state index contributed by atoms with van der Waals surface area (Å²) < 4.78 is 0. The molecule has 4 saturated carbocycles. The molecule has 0 aromatic carbocycles. The number of carboxylic acids is 1. The number of hydrogen-bond acceptors (Lipinski definition) is 4. The molecule has 1 aromatic heterocycles. The van der Waals surface area contributed by atoms with Crippen LogP contribution in [0.4, 0.5) is 5.00 Å². The minimum Gasteiger partial charge on any atom is -0.481 e. The van der Waals surface area contributed by atoms with Crippen LogP contribution in [0.15, 0.2) is 0 Å². The first-order valence-electron chi connectivity index (χ1n) is 11.9. The molecular formula is C24H32N2O4S. The van der Waals surface area contributed by atoms with Crippen molar-refractivity contribution in [3.8, 4) is 0 Å². The van der Waals surface area contributed by atoms with Crippen molar-refractivity contribution in [3.63, 3.8) is 0 Å². The molecule has 3 atom stereocenters. The van der Waals surface area contributed by atoms with Gasteiger partial charge in [0.05, 0.1) is 17.4 Å². The maximum atomic E-state index is 13.4. The SMILES string of the molecule is CC[C@@H]1CCc2c(sc(NC(=O)[C@H]3C4CCC(CC4)[C@@H]3C(=O)O)c2C(=O)NC2CC2)C1. The molecule has 2 bridgehead atoms. The molecule has 0 spiro atoms. The van der Waals surface area contributed by atoms with Gasteiger partial charge in [-0.3, -0.25) is 14.4 Å². The lowest BCUT2D eigenvalue weighted by atomic mass is 9.58. The number of amides is 2. The third-order valence-electron chi connectivity index (χ3n) is 8.13. The predicted molar refractivity (Wildman–Crippen MR) is 119 cm³/mol. The van der Waals surface area contributed by atoms with Crippen molar-refractivity contribution >= 4 is 34.1 Å². The van der Waals surface area contributed by atoms with Crippen LogP contribution in [0.2, 0.25) is 0 Å². The number of carbonyl (C=O) groups excluding carboxylic acids is 2. The average molecular weight is 445 g/mol. The number of thiophene rings is 1. The van der Waals surface area contributed by atoms with Crippen LogP contribution in [0.5, 0.6) is 0 Å². The smallest absolute Gasteiger partial charge is 0.307 e. The van der Waals surface area contributed by atoms with Crippen LogP contribution in [0, 0.1) is 29.6 Å². The van der Waals surface area contributed by atoms with Crippen molar-refractivity contribution < 1.29 is 19.5 Å². The largest absolute Gasteiger partial charge is 0.481 e. The maximum Gasteiger partial charge on any atom is 0.307 e. The Morgan fingerprint density at radius 1 is 1.00 bits per heavy atom. The van der Waals surface area contributed by atoms with E-state index in [0.29, 0.717) is 16.5 Å². The number of nitrogens with one attached hydrogen (secondary N) is 2. The van der Waals surface area contributed by atoms with E-state index in [1.807, 2.05) is 0 Å². The van der Waals surface area contributed by atoms with Crippen LogP contribution in [-0.2, 0) is 22.4 Å². The van der Waals surface area contributed by atoms with E-state index in [2.05, 4.69) is 17.6 Å². The van der Waals surface area contributed by atoms with Crippen molar-refractivity contribution in [2.24, 2.45) is 29.6 Å². The topological polar surface area (TPSA) is 95.5 Å². The molecule has 0 radical (unpaired) electrons. The molecule has 0 saturated heterocycles. The molecule has 5 aliphatic rings. The highest BCUT2D eigenvalue weighted by Crippen LogP contribution is 2.50. The molecule has 5 aliphatic carbocycles. The fourth-order valence-corrected chi connectivity index (χ4v) is 7.56. The molecule has 7 heteroatoms. The van der Waals surface area contributed by atoms with Gasteiger partial charge in [-0.2, -0.15) is 0 Å². The summed E-state index contributed by atoms with van der Waals surface area (Å²) in [5.74, 6) is -1.37. The van der Waals surface area contributed by atoms with E-state index in [-0.39, 0.29) is 29.7 Å². The molecule has 2 amide bonds. The molecule has 31 heavy (non-hydrogen) atoms. The Balaban J connectivity index is 1.44. The normalized spacial score (nSPS) is 31.7. The summed E-state index contributed by atoms with van der Waals surface area (Å²) in [4.78, 5) is 39.7. The van der Waals surface area contributed by atoms with E-state index in [1.165, 1.54) is 16.2 Å². The Hall–Kier alpha value is -1.89. The second-order valence-corrected chi connectivity index (χ2v) is 11.1.